The summed E-state index contributed by atoms with van der Waals surface area (Å²) in [6, 6.07) is 11.8. The number of hydrogen-bond acceptors (Lipinski definition) is 6. The van der Waals surface area contributed by atoms with E-state index >= 15 is 0 Å². The van der Waals surface area contributed by atoms with Gasteiger partial charge in [-0.25, -0.2) is 9.97 Å². The van der Waals surface area contributed by atoms with Crippen LogP contribution in [0.1, 0.15) is 42.0 Å². The normalized spacial score (nSPS) is 14.9. The first-order valence-corrected chi connectivity index (χ1v) is 11.4. The lowest BCUT2D eigenvalue weighted by molar-refractivity contribution is -0.126. The van der Waals surface area contributed by atoms with Gasteiger partial charge in [-0.2, -0.15) is 4.73 Å². The average molecular weight is 482 g/mol. The highest BCUT2D eigenvalue weighted by Gasteiger charge is 2.33. The molecule has 10 nitrogen and oxygen atoms in total. The molecular weight excluding hydrogens is 458 g/mol. The first-order valence-electron chi connectivity index (χ1n) is 11.4. The fourth-order valence-corrected chi connectivity index (χ4v) is 4.44. The number of amides is 2. The van der Waals surface area contributed by atoms with Gasteiger partial charge < -0.3 is 15.4 Å². The van der Waals surface area contributed by atoms with Gasteiger partial charge in [0.15, 0.2) is 5.49 Å². The molecule has 36 heavy (non-hydrogen) atoms. The summed E-state index contributed by atoms with van der Waals surface area (Å²) in [7, 11) is 0. The van der Waals surface area contributed by atoms with Gasteiger partial charge in [-0.3, -0.25) is 19.4 Å². The van der Waals surface area contributed by atoms with Gasteiger partial charge in [-0.05, 0) is 50.0 Å². The predicted molar refractivity (Wildman–Crippen MR) is 131 cm³/mol. The third-order valence-electron chi connectivity index (χ3n) is 6.12. The number of rotatable bonds is 4. The third kappa shape index (κ3) is 4.07. The Morgan fingerprint density at radius 1 is 1.17 bits per heavy atom. The second-order valence-electron chi connectivity index (χ2n) is 8.31. The Morgan fingerprint density at radius 2 is 1.97 bits per heavy atom. The van der Waals surface area contributed by atoms with Crippen LogP contribution in [0, 0.1) is 17.3 Å². The number of nitrogens with one attached hydrogen (secondary N) is 2. The van der Waals surface area contributed by atoms with Crippen LogP contribution in [0.2, 0.25) is 0 Å². The van der Waals surface area contributed by atoms with E-state index in [-0.39, 0.29) is 23.3 Å². The number of hydrogen-bond donors (Lipinski definition) is 3. The molecule has 0 spiro atoms. The maximum atomic E-state index is 12.6. The van der Waals surface area contributed by atoms with Crippen LogP contribution in [0.4, 0.5) is 5.82 Å². The fraction of sp³-hybridized carbons (Fsp3) is 0.192. The Hall–Kier alpha value is -4.91. The molecule has 3 N–H and O–H groups in total. The highest BCUT2D eigenvalue weighted by atomic mass is 16.5. The van der Waals surface area contributed by atoms with E-state index in [1.165, 1.54) is 6.20 Å². The highest BCUT2D eigenvalue weighted by Crippen LogP contribution is 2.34. The summed E-state index contributed by atoms with van der Waals surface area (Å²) in [4.78, 5) is 35.9. The van der Waals surface area contributed by atoms with Crippen molar-refractivity contribution >= 4 is 23.1 Å². The van der Waals surface area contributed by atoms with E-state index in [1.807, 2.05) is 0 Å². The van der Waals surface area contributed by atoms with Crippen molar-refractivity contribution < 1.29 is 14.8 Å². The van der Waals surface area contributed by atoms with Crippen molar-refractivity contribution in [3.8, 4) is 23.1 Å². The summed E-state index contributed by atoms with van der Waals surface area (Å²) in [6.45, 7) is 2.20. The van der Waals surface area contributed by atoms with Crippen LogP contribution in [-0.2, 0) is 4.79 Å². The van der Waals surface area contributed by atoms with E-state index in [9.17, 15) is 14.8 Å². The molecule has 0 radical (unpaired) electrons. The number of carbonyl (C=O) groups excluding carboxylic acids is 2. The molecule has 0 saturated carbocycles. The van der Waals surface area contributed by atoms with E-state index in [0.717, 1.165) is 11.2 Å². The van der Waals surface area contributed by atoms with E-state index in [1.54, 1.807) is 71.1 Å². The SMILES string of the molecule is CC#CC(=O)N1CCC[C@H]1c1nc(-c2ccc(C(=O)Nc3ccccn3)cc2)c2c(=N)n(O)ccn12. The molecule has 180 valence electrons. The maximum Gasteiger partial charge on any atom is 0.299 e. The summed E-state index contributed by atoms with van der Waals surface area (Å²) in [5.74, 6) is 5.74. The zero-order valence-corrected chi connectivity index (χ0v) is 19.5. The van der Waals surface area contributed by atoms with Gasteiger partial charge in [0, 0.05) is 30.1 Å². The largest absolute Gasteiger partial charge is 0.427 e. The number of fused-ring (bicyclic) bond motifs is 1. The first-order chi connectivity index (χ1) is 17.5. The van der Waals surface area contributed by atoms with Crippen LogP contribution < -0.4 is 10.8 Å². The van der Waals surface area contributed by atoms with Gasteiger partial charge in [0.1, 0.15) is 22.9 Å². The van der Waals surface area contributed by atoms with E-state index in [2.05, 4.69) is 22.1 Å². The molecule has 2 amide bonds. The predicted octanol–water partition coefficient (Wildman–Crippen LogP) is 2.85. The number of nitrogens with zero attached hydrogens (tertiary/aromatic N) is 5. The Bertz CT molecular complexity index is 1580. The van der Waals surface area contributed by atoms with Crippen molar-refractivity contribution in [2.45, 2.75) is 25.8 Å². The number of anilines is 1. The van der Waals surface area contributed by atoms with E-state index in [4.69, 9.17) is 10.4 Å². The molecule has 4 heterocycles. The average Bonchev–Trinajstić information content (AvgIpc) is 3.52. The van der Waals surface area contributed by atoms with Crippen LogP contribution in [0.25, 0.3) is 16.8 Å². The molecule has 5 rings (SSSR count). The number of benzene rings is 1. The number of likely N-dealkylation sites (tertiary alicyclic amines) is 1. The maximum absolute atomic E-state index is 12.6. The quantitative estimate of drug-likeness (QED) is 0.305. The van der Waals surface area contributed by atoms with Crippen LogP contribution in [0.15, 0.2) is 61.1 Å². The minimum atomic E-state index is -0.308. The van der Waals surface area contributed by atoms with E-state index in [0.29, 0.717) is 46.9 Å². The molecule has 3 aromatic heterocycles. The van der Waals surface area contributed by atoms with Gasteiger partial charge in [-0.15, -0.1) is 0 Å². The molecular formula is C26H23N7O3. The Morgan fingerprint density at radius 3 is 2.69 bits per heavy atom. The zero-order chi connectivity index (χ0) is 25.2. The van der Waals surface area contributed by atoms with Gasteiger partial charge in [-0.1, -0.05) is 24.1 Å². The van der Waals surface area contributed by atoms with Crippen LogP contribution in [-0.4, -0.2) is 47.6 Å². The molecule has 0 unspecified atom stereocenters. The van der Waals surface area contributed by atoms with Gasteiger partial charge >= 0.3 is 0 Å². The second kappa shape index (κ2) is 9.38. The first kappa shape index (κ1) is 22.9. The molecule has 1 fully saturated rings. The summed E-state index contributed by atoms with van der Waals surface area (Å²) in [5.41, 5.74) is 1.81. The van der Waals surface area contributed by atoms with Crippen LogP contribution in [0.5, 0.6) is 0 Å². The summed E-state index contributed by atoms with van der Waals surface area (Å²) in [5, 5.41) is 21.4. The minimum Gasteiger partial charge on any atom is -0.427 e. The number of pyridine rings is 1. The zero-order valence-electron chi connectivity index (χ0n) is 19.5. The van der Waals surface area contributed by atoms with Crippen LogP contribution in [0.3, 0.4) is 0 Å². The lowest BCUT2D eigenvalue weighted by Gasteiger charge is -2.21. The number of aromatic nitrogens is 4. The molecule has 10 heteroatoms. The highest BCUT2D eigenvalue weighted by molar-refractivity contribution is 6.04. The molecule has 1 atom stereocenters. The van der Waals surface area contributed by atoms with Gasteiger partial charge in [0.25, 0.3) is 11.8 Å². The van der Waals surface area contributed by atoms with Crippen molar-refractivity contribution in [1.29, 1.82) is 5.41 Å². The monoisotopic (exact) mass is 481 g/mol. The van der Waals surface area contributed by atoms with Gasteiger partial charge in [0.2, 0.25) is 0 Å². The lowest BCUT2D eigenvalue weighted by Crippen LogP contribution is -2.30. The number of carbonyl (C=O) groups is 2. The minimum absolute atomic E-state index is 0.146. The molecule has 1 saturated heterocycles. The van der Waals surface area contributed by atoms with Crippen molar-refractivity contribution in [2.24, 2.45) is 0 Å². The molecule has 0 aliphatic carbocycles. The van der Waals surface area contributed by atoms with Crippen LogP contribution >= 0.6 is 0 Å². The topological polar surface area (TPSA) is 129 Å². The Balaban J connectivity index is 1.54. The van der Waals surface area contributed by atoms with Gasteiger partial charge in [0.05, 0.1) is 12.2 Å². The Labute approximate surface area is 206 Å². The fourth-order valence-electron chi connectivity index (χ4n) is 4.44. The third-order valence-corrected chi connectivity index (χ3v) is 6.12. The smallest absolute Gasteiger partial charge is 0.299 e. The molecule has 1 aliphatic heterocycles. The molecule has 4 aromatic rings. The van der Waals surface area contributed by atoms with Crippen molar-refractivity contribution in [2.75, 3.05) is 11.9 Å². The Kier molecular flexibility index (Phi) is 5.96. The standard InChI is InChI=1S/C26H23N7O3/c1-2-6-21(34)31-14-5-7-19(31)25-30-22(23-24(27)33(36)16-15-32(23)25)17-9-11-18(12-10-17)26(35)29-20-8-3-4-13-28-20/h3-4,8-13,15-16,19,27,36H,5,7,14H2,1H3,(H,28,29,35)/t19-/m0/s1. The lowest BCUT2D eigenvalue weighted by atomic mass is 10.1. The number of imidazole rings is 1. The van der Waals surface area contributed by atoms with Crippen molar-refractivity contribution in [1.82, 2.24) is 24.0 Å². The van der Waals surface area contributed by atoms with E-state index < -0.39 is 0 Å². The summed E-state index contributed by atoms with van der Waals surface area (Å²) >= 11 is 0. The molecule has 1 aliphatic rings. The molecule has 1 aromatic carbocycles. The second-order valence-corrected chi connectivity index (χ2v) is 8.31. The van der Waals surface area contributed by atoms with Crippen molar-refractivity contribution in [3.63, 3.8) is 0 Å². The summed E-state index contributed by atoms with van der Waals surface area (Å²) < 4.78 is 2.46. The van der Waals surface area contributed by atoms with Crippen molar-refractivity contribution in [3.05, 3.63) is 77.9 Å². The molecule has 0 bridgehead atoms. The summed E-state index contributed by atoms with van der Waals surface area (Å²) in [6.07, 6.45) is 6.11.